The fourth-order valence-electron chi connectivity index (χ4n) is 1.63. The molecule has 0 aliphatic carbocycles. The van der Waals surface area contributed by atoms with Gasteiger partial charge in [-0.15, -0.1) is 0 Å². The fourth-order valence-corrected chi connectivity index (χ4v) is 2.24. The van der Waals surface area contributed by atoms with Gasteiger partial charge in [0.1, 0.15) is 5.92 Å². The molecule has 0 saturated carbocycles. The summed E-state index contributed by atoms with van der Waals surface area (Å²) >= 11 is 12.2. The van der Waals surface area contributed by atoms with E-state index in [1.54, 1.807) is 30.3 Å². The van der Waals surface area contributed by atoms with Crippen LogP contribution in [-0.4, -0.2) is 10.2 Å². The zero-order valence-electron chi connectivity index (χ0n) is 9.56. The van der Waals surface area contributed by atoms with Gasteiger partial charge in [0.05, 0.1) is 17.5 Å². The van der Waals surface area contributed by atoms with Gasteiger partial charge in [-0.3, -0.25) is 0 Å². The molecule has 1 aromatic carbocycles. The van der Waals surface area contributed by atoms with E-state index in [2.05, 4.69) is 16.3 Å². The summed E-state index contributed by atoms with van der Waals surface area (Å²) in [5.41, 5.74) is 1.90. The summed E-state index contributed by atoms with van der Waals surface area (Å²) in [6, 6.07) is 10.9. The highest BCUT2D eigenvalue weighted by atomic mass is 35.5. The number of rotatable bonds is 2. The molecule has 5 heteroatoms. The molecule has 0 aliphatic heterocycles. The summed E-state index contributed by atoms with van der Waals surface area (Å²) in [6.45, 7) is 1.83. The van der Waals surface area contributed by atoms with E-state index in [0.717, 1.165) is 5.69 Å². The second-order valence-corrected chi connectivity index (χ2v) is 4.61. The fraction of sp³-hybridized carbons (Fsp3) is 0.154. The van der Waals surface area contributed by atoms with Crippen molar-refractivity contribution in [3.8, 4) is 6.07 Å². The Morgan fingerprint density at radius 1 is 1.11 bits per heavy atom. The highest BCUT2D eigenvalue weighted by Crippen LogP contribution is 2.34. The molecule has 2 rings (SSSR count). The lowest BCUT2D eigenvalue weighted by Gasteiger charge is -2.12. The Bertz CT molecular complexity index is 582. The molecule has 0 radical (unpaired) electrons. The Morgan fingerprint density at radius 3 is 2.28 bits per heavy atom. The molecule has 0 saturated heterocycles. The van der Waals surface area contributed by atoms with Gasteiger partial charge in [-0.05, 0) is 31.2 Å². The molecule has 18 heavy (non-hydrogen) atoms. The summed E-state index contributed by atoms with van der Waals surface area (Å²) in [4.78, 5) is 0. The molecule has 0 fully saturated rings. The van der Waals surface area contributed by atoms with Gasteiger partial charge in [0, 0.05) is 15.6 Å². The van der Waals surface area contributed by atoms with Crippen molar-refractivity contribution in [3.05, 3.63) is 57.3 Å². The van der Waals surface area contributed by atoms with Crippen molar-refractivity contribution in [2.45, 2.75) is 12.8 Å². The van der Waals surface area contributed by atoms with E-state index in [-0.39, 0.29) is 0 Å². The maximum atomic E-state index is 9.32. The number of nitrogens with zero attached hydrogens (tertiary/aromatic N) is 3. The monoisotopic (exact) mass is 277 g/mol. The number of hydrogen-bond acceptors (Lipinski definition) is 3. The van der Waals surface area contributed by atoms with E-state index in [9.17, 15) is 5.26 Å². The molecule has 2 aromatic rings. The van der Waals surface area contributed by atoms with Crippen molar-refractivity contribution in [1.29, 1.82) is 5.26 Å². The summed E-state index contributed by atoms with van der Waals surface area (Å²) in [7, 11) is 0. The number of hydrogen-bond donors (Lipinski definition) is 0. The predicted molar refractivity (Wildman–Crippen MR) is 70.7 cm³/mol. The van der Waals surface area contributed by atoms with Gasteiger partial charge in [0.25, 0.3) is 0 Å². The van der Waals surface area contributed by atoms with Gasteiger partial charge < -0.3 is 0 Å². The van der Waals surface area contributed by atoms with Crippen molar-refractivity contribution in [3.63, 3.8) is 0 Å². The topological polar surface area (TPSA) is 49.6 Å². The van der Waals surface area contributed by atoms with Crippen LogP contribution >= 0.6 is 23.2 Å². The number of aryl methyl sites for hydroxylation is 1. The molecule has 1 atom stereocenters. The first-order valence-corrected chi connectivity index (χ1v) is 6.03. The smallest absolute Gasteiger partial charge is 0.118 e. The van der Waals surface area contributed by atoms with Crippen molar-refractivity contribution >= 4 is 23.2 Å². The van der Waals surface area contributed by atoms with Crippen LogP contribution in [-0.2, 0) is 0 Å². The number of aromatic nitrogens is 2. The van der Waals surface area contributed by atoms with Crippen molar-refractivity contribution in [2.24, 2.45) is 0 Å². The minimum atomic E-state index is -0.612. The summed E-state index contributed by atoms with van der Waals surface area (Å²) in [5.74, 6) is -0.612. The summed E-state index contributed by atoms with van der Waals surface area (Å²) in [6.07, 6.45) is 0. The van der Waals surface area contributed by atoms with Crippen molar-refractivity contribution < 1.29 is 0 Å². The van der Waals surface area contributed by atoms with E-state index < -0.39 is 5.92 Å². The van der Waals surface area contributed by atoms with Gasteiger partial charge in [0.2, 0.25) is 0 Å². The third-order valence-electron chi connectivity index (χ3n) is 2.53. The maximum Gasteiger partial charge on any atom is 0.118 e. The number of benzene rings is 1. The van der Waals surface area contributed by atoms with Crippen molar-refractivity contribution in [1.82, 2.24) is 10.2 Å². The second-order valence-electron chi connectivity index (χ2n) is 3.80. The zero-order valence-corrected chi connectivity index (χ0v) is 11.1. The van der Waals surface area contributed by atoms with Gasteiger partial charge >= 0.3 is 0 Å². The van der Waals surface area contributed by atoms with E-state index in [1.807, 2.05) is 6.92 Å². The third kappa shape index (κ3) is 2.45. The average Bonchev–Trinajstić information content (AvgIpc) is 2.35. The molecule has 3 nitrogen and oxygen atoms in total. The molecular weight excluding hydrogens is 269 g/mol. The Kier molecular flexibility index (Phi) is 3.81. The Balaban J connectivity index is 2.53. The molecular formula is C13H9Cl2N3. The van der Waals surface area contributed by atoms with Crippen LogP contribution in [0, 0.1) is 18.3 Å². The van der Waals surface area contributed by atoms with Crippen LogP contribution in [0.3, 0.4) is 0 Å². The first-order chi connectivity index (χ1) is 8.63. The van der Waals surface area contributed by atoms with Gasteiger partial charge in [-0.1, -0.05) is 29.3 Å². The lowest BCUT2D eigenvalue weighted by molar-refractivity contribution is 0.865. The van der Waals surface area contributed by atoms with Crippen LogP contribution in [0.4, 0.5) is 0 Å². The highest BCUT2D eigenvalue weighted by Gasteiger charge is 2.21. The van der Waals surface area contributed by atoms with Crippen LogP contribution in [0.2, 0.25) is 10.0 Å². The predicted octanol–water partition coefficient (Wildman–Crippen LogP) is 3.75. The standard InChI is InChI=1S/C13H9Cl2N3/c1-8-5-6-12(18-17-8)9(7-16)13-10(14)3-2-4-11(13)15/h2-6,9H,1H3. The van der Waals surface area contributed by atoms with E-state index >= 15 is 0 Å². The first kappa shape index (κ1) is 12.8. The Morgan fingerprint density at radius 2 is 1.78 bits per heavy atom. The molecule has 1 unspecified atom stereocenters. The molecule has 1 heterocycles. The average molecular weight is 278 g/mol. The maximum absolute atomic E-state index is 9.32. The Labute approximate surface area is 115 Å². The molecule has 0 amide bonds. The van der Waals surface area contributed by atoms with Gasteiger partial charge in [-0.25, -0.2) is 0 Å². The van der Waals surface area contributed by atoms with E-state index in [1.165, 1.54) is 0 Å². The van der Waals surface area contributed by atoms with Gasteiger partial charge in [0.15, 0.2) is 0 Å². The quantitative estimate of drug-likeness (QED) is 0.840. The molecule has 0 bridgehead atoms. The summed E-state index contributed by atoms with van der Waals surface area (Å²) < 4.78 is 0. The summed E-state index contributed by atoms with van der Waals surface area (Å²) in [5, 5.41) is 18.2. The molecule has 0 aliphatic rings. The highest BCUT2D eigenvalue weighted by molar-refractivity contribution is 6.36. The van der Waals surface area contributed by atoms with Crippen LogP contribution < -0.4 is 0 Å². The second kappa shape index (κ2) is 5.34. The zero-order chi connectivity index (χ0) is 13.1. The lowest BCUT2D eigenvalue weighted by Crippen LogP contribution is -2.04. The first-order valence-electron chi connectivity index (χ1n) is 5.27. The Hall–Kier alpha value is -1.63. The minimum Gasteiger partial charge on any atom is -0.197 e. The van der Waals surface area contributed by atoms with E-state index in [4.69, 9.17) is 23.2 Å². The molecule has 1 aromatic heterocycles. The van der Waals surface area contributed by atoms with Crippen LogP contribution in [0.15, 0.2) is 30.3 Å². The minimum absolute atomic E-state index is 0.455. The normalized spacial score (nSPS) is 11.9. The lowest BCUT2D eigenvalue weighted by atomic mass is 9.96. The molecule has 0 N–H and O–H groups in total. The number of nitriles is 1. The molecule has 0 spiro atoms. The van der Waals surface area contributed by atoms with Crippen LogP contribution in [0.25, 0.3) is 0 Å². The number of halogens is 2. The van der Waals surface area contributed by atoms with Crippen LogP contribution in [0.1, 0.15) is 22.9 Å². The molecule has 90 valence electrons. The SMILES string of the molecule is Cc1ccc(C(C#N)c2c(Cl)cccc2Cl)nn1. The van der Waals surface area contributed by atoms with Gasteiger partial charge in [-0.2, -0.15) is 15.5 Å². The third-order valence-corrected chi connectivity index (χ3v) is 3.19. The largest absolute Gasteiger partial charge is 0.197 e. The van der Waals surface area contributed by atoms with E-state index in [0.29, 0.717) is 21.3 Å². The van der Waals surface area contributed by atoms with Crippen molar-refractivity contribution in [2.75, 3.05) is 0 Å². The van der Waals surface area contributed by atoms with Crippen LogP contribution in [0.5, 0.6) is 0 Å².